The lowest BCUT2D eigenvalue weighted by Crippen LogP contribution is -2.42. The maximum Gasteiger partial charge on any atom is 0.227 e. The molecule has 3 rings (SSSR count). The number of rotatable bonds is 3. The van der Waals surface area contributed by atoms with Gasteiger partial charge in [-0.2, -0.15) is 11.8 Å². The first-order chi connectivity index (χ1) is 10.7. The van der Waals surface area contributed by atoms with Crippen molar-refractivity contribution in [2.45, 2.75) is 19.8 Å². The van der Waals surface area contributed by atoms with E-state index in [1.54, 1.807) is 0 Å². The second kappa shape index (κ2) is 6.81. The number of carbonyl (C=O) groups excluding carboxylic acids is 1. The van der Waals surface area contributed by atoms with Gasteiger partial charge in [0.25, 0.3) is 0 Å². The lowest BCUT2D eigenvalue weighted by molar-refractivity contribution is -0.134. The second-order valence-electron chi connectivity index (χ2n) is 5.68. The van der Waals surface area contributed by atoms with E-state index in [1.807, 2.05) is 28.5 Å². The van der Waals surface area contributed by atoms with Crippen molar-refractivity contribution >= 4 is 23.5 Å². The Bertz CT molecular complexity index is 550. The van der Waals surface area contributed by atoms with Crippen molar-refractivity contribution in [1.82, 2.24) is 14.9 Å². The molecule has 0 spiro atoms. The fourth-order valence-electron chi connectivity index (χ4n) is 3.06. The summed E-state index contributed by atoms with van der Waals surface area (Å²) in [5, 5.41) is 0. The van der Waals surface area contributed by atoms with Crippen molar-refractivity contribution in [3.8, 4) is 0 Å². The summed E-state index contributed by atoms with van der Waals surface area (Å²) in [6.45, 7) is 4.78. The highest BCUT2D eigenvalue weighted by molar-refractivity contribution is 7.99. The Morgan fingerprint density at radius 1 is 1.36 bits per heavy atom. The minimum Gasteiger partial charge on any atom is -0.353 e. The van der Waals surface area contributed by atoms with Crippen LogP contribution in [-0.2, 0) is 11.2 Å². The first-order valence-electron chi connectivity index (χ1n) is 7.81. The number of anilines is 1. The number of thioether (sulfide) groups is 1. The lowest BCUT2D eigenvalue weighted by atomic mass is 10.1. The fraction of sp³-hybridized carbons (Fsp3) is 0.667. The van der Waals surface area contributed by atoms with Crippen LogP contribution in [0, 0.1) is 11.7 Å². The van der Waals surface area contributed by atoms with E-state index in [2.05, 4.69) is 9.97 Å². The summed E-state index contributed by atoms with van der Waals surface area (Å²) < 4.78 is 14.3. The highest BCUT2D eigenvalue weighted by atomic mass is 32.2. The van der Waals surface area contributed by atoms with Crippen LogP contribution in [0.3, 0.4) is 0 Å². The first kappa shape index (κ1) is 15.5. The van der Waals surface area contributed by atoms with Gasteiger partial charge < -0.3 is 9.80 Å². The molecule has 120 valence electrons. The maximum atomic E-state index is 14.3. The van der Waals surface area contributed by atoms with Crippen LogP contribution in [0.4, 0.5) is 10.2 Å². The van der Waals surface area contributed by atoms with E-state index in [9.17, 15) is 9.18 Å². The molecular weight excluding hydrogens is 303 g/mol. The molecule has 1 aromatic heterocycles. The smallest absolute Gasteiger partial charge is 0.227 e. The summed E-state index contributed by atoms with van der Waals surface area (Å²) in [5.74, 6) is 2.21. The van der Waals surface area contributed by atoms with Crippen molar-refractivity contribution in [3.05, 3.63) is 17.8 Å². The summed E-state index contributed by atoms with van der Waals surface area (Å²) in [4.78, 5) is 24.4. The normalized spacial score (nSPS) is 22.2. The van der Waals surface area contributed by atoms with E-state index >= 15 is 0 Å². The minimum absolute atomic E-state index is 0.0393. The molecule has 2 aliphatic rings. The molecule has 1 aromatic rings. The van der Waals surface area contributed by atoms with Crippen LogP contribution in [0.1, 0.15) is 19.0 Å². The molecule has 2 fully saturated rings. The predicted molar refractivity (Wildman–Crippen MR) is 85.6 cm³/mol. The number of halogens is 1. The van der Waals surface area contributed by atoms with Gasteiger partial charge in [0.15, 0.2) is 11.6 Å². The van der Waals surface area contributed by atoms with Gasteiger partial charge in [0.05, 0.1) is 11.6 Å². The number of aryl methyl sites for hydroxylation is 1. The number of nitrogens with zero attached hydrogens (tertiary/aromatic N) is 4. The van der Waals surface area contributed by atoms with Crippen LogP contribution < -0.4 is 4.90 Å². The Morgan fingerprint density at radius 3 is 2.86 bits per heavy atom. The predicted octanol–water partition coefficient (Wildman–Crippen LogP) is 1.58. The minimum atomic E-state index is -0.340. The molecule has 0 bridgehead atoms. The third kappa shape index (κ3) is 3.04. The molecule has 0 radical (unpaired) electrons. The van der Waals surface area contributed by atoms with Crippen LogP contribution in [0.15, 0.2) is 6.33 Å². The van der Waals surface area contributed by atoms with E-state index in [0.29, 0.717) is 31.0 Å². The number of amides is 1. The lowest BCUT2D eigenvalue weighted by Gasteiger charge is -2.29. The van der Waals surface area contributed by atoms with Gasteiger partial charge in [-0.25, -0.2) is 14.4 Å². The fourth-order valence-corrected chi connectivity index (χ4v) is 3.96. The molecule has 0 aliphatic carbocycles. The Hall–Kier alpha value is -1.37. The van der Waals surface area contributed by atoms with Gasteiger partial charge in [-0.15, -0.1) is 0 Å². The summed E-state index contributed by atoms with van der Waals surface area (Å²) in [6, 6.07) is 0. The summed E-state index contributed by atoms with van der Waals surface area (Å²) in [7, 11) is 0. The van der Waals surface area contributed by atoms with Crippen LogP contribution in [0.25, 0.3) is 0 Å². The van der Waals surface area contributed by atoms with Crippen LogP contribution in [0.5, 0.6) is 0 Å². The summed E-state index contributed by atoms with van der Waals surface area (Å²) in [5.41, 5.74) is 0.438. The molecule has 2 aliphatic heterocycles. The Balaban J connectivity index is 1.68. The standard InChI is InChI=1S/C15H21FN4OS/c1-2-12-13(16)14(18-10-17-12)20-4-3-11(9-20)15(21)19-5-7-22-8-6-19/h10-11H,2-9H2,1H3. The average Bonchev–Trinajstić information content (AvgIpc) is 3.05. The van der Waals surface area contributed by atoms with Gasteiger partial charge in [-0.3, -0.25) is 4.79 Å². The third-order valence-electron chi connectivity index (χ3n) is 4.34. The number of carbonyl (C=O) groups is 1. The van der Waals surface area contributed by atoms with Gasteiger partial charge in [0.2, 0.25) is 5.91 Å². The van der Waals surface area contributed by atoms with Crippen molar-refractivity contribution < 1.29 is 9.18 Å². The van der Waals surface area contributed by atoms with Crippen molar-refractivity contribution in [2.75, 3.05) is 42.6 Å². The number of aromatic nitrogens is 2. The third-order valence-corrected chi connectivity index (χ3v) is 5.28. The highest BCUT2D eigenvalue weighted by Crippen LogP contribution is 2.27. The van der Waals surface area contributed by atoms with Gasteiger partial charge >= 0.3 is 0 Å². The van der Waals surface area contributed by atoms with E-state index in [-0.39, 0.29) is 17.6 Å². The number of hydrogen-bond acceptors (Lipinski definition) is 5. The van der Waals surface area contributed by atoms with E-state index < -0.39 is 0 Å². The molecule has 5 nitrogen and oxygen atoms in total. The molecule has 0 N–H and O–H groups in total. The molecule has 1 unspecified atom stereocenters. The van der Waals surface area contributed by atoms with Crippen molar-refractivity contribution in [3.63, 3.8) is 0 Å². The molecule has 2 saturated heterocycles. The molecule has 7 heteroatoms. The van der Waals surface area contributed by atoms with Gasteiger partial charge in [-0.1, -0.05) is 6.92 Å². The zero-order valence-electron chi connectivity index (χ0n) is 12.8. The zero-order chi connectivity index (χ0) is 15.5. The van der Waals surface area contributed by atoms with Gasteiger partial charge in [-0.05, 0) is 12.8 Å². The molecule has 1 amide bonds. The van der Waals surface area contributed by atoms with Crippen LogP contribution in [0.2, 0.25) is 0 Å². The monoisotopic (exact) mass is 324 g/mol. The van der Waals surface area contributed by atoms with Crippen molar-refractivity contribution in [2.24, 2.45) is 5.92 Å². The van der Waals surface area contributed by atoms with Gasteiger partial charge in [0.1, 0.15) is 6.33 Å². The molecule has 0 aromatic carbocycles. The summed E-state index contributed by atoms with van der Waals surface area (Å²) >= 11 is 1.89. The SMILES string of the molecule is CCc1ncnc(N2CCC(C(=O)N3CCSCC3)C2)c1F. The second-order valence-corrected chi connectivity index (χ2v) is 6.91. The maximum absolute atomic E-state index is 14.3. The summed E-state index contributed by atoms with van der Waals surface area (Å²) in [6.07, 6.45) is 2.73. The molecule has 3 heterocycles. The van der Waals surface area contributed by atoms with Gasteiger partial charge in [0, 0.05) is 37.7 Å². The highest BCUT2D eigenvalue weighted by Gasteiger charge is 2.33. The van der Waals surface area contributed by atoms with Crippen LogP contribution >= 0.6 is 11.8 Å². The molecule has 1 atom stereocenters. The van der Waals surface area contributed by atoms with E-state index in [4.69, 9.17) is 0 Å². The zero-order valence-corrected chi connectivity index (χ0v) is 13.6. The molecule has 0 saturated carbocycles. The van der Waals surface area contributed by atoms with Crippen molar-refractivity contribution in [1.29, 1.82) is 0 Å². The number of hydrogen-bond donors (Lipinski definition) is 0. The molecular formula is C15H21FN4OS. The Morgan fingerprint density at radius 2 is 2.14 bits per heavy atom. The largest absolute Gasteiger partial charge is 0.353 e. The quantitative estimate of drug-likeness (QED) is 0.845. The van der Waals surface area contributed by atoms with Crippen LogP contribution in [-0.4, -0.2) is 58.5 Å². The van der Waals surface area contributed by atoms with E-state index in [1.165, 1.54) is 6.33 Å². The molecule has 22 heavy (non-hydrogen) atoms. The topological polar surface area (TPSA) is 49.3 Å². The Kier molecular flexibility index (Phi) is 4.81. The van der Waals surface area contributed by atoms with E-state index in [0.717, 1.165) is 31.0 Å². The Labute approximate surface area is 134 Å². The first-order valence-corrected chi connectivity index (χ1v) is 8.97. The average molecular weight is 324 g/mol.